The van der Waals surface area contributed by atoms with Gasteiger partial charge in [0.25, 0.3) is 0 Å². The van der Waals surface area contributed by atoms with Gasteiger partial charge < -0.3 is 18.6 Å². The molecule has 1 aliphatic rings. The number of fused-ring (bicyclic) bond motifs is 2. The minimum absolute atomic E-state index is 0.355. The Balaban J connectivity index is 1.54. The van der Waals surface area contributed by atoms with Crippen molar-refractivity contribution in [1.82, 2.24) is 14.3 Å². The molecule has 6 nitrogen and oxygen atoms in total. The minimum Gasteiger partial charge on any atom is -0.422 e. The van der Waals surface area contributed by atoms with Gasteiger partial charge in [0.15, 0.2) is 0 Å². The molecule has 0 radical (unpaired) electrons. The monoisotopic (exact) mass is 388 g/mol. The van der Waals surface area contributed by atoms with Gasteiger partial charge in [0.2, 0.25) is 0 Å². The minimum atomic E-state index is -0.355. The van der Waals surface area contributed by atoms with Gasteiger partial charge in [-0.2, -0.15) is 0 Å². The molecular formula is C23H24N4O2. The van der Waals surface area contributed by atoms with Crippen molar-refractivity contribution in [1.29, 1.82) is 0 Å². The van der Waals surface area contributed by atoms with E-state index < -0.39 is 0 Å². The van der Waals surface area contributed by atoms with Crippen LogP contribution in [0.2, 0.25) is 0 Å². The van der Waals surface area contributed by atoms with Gasteiger partial charge in [0.05, 0.1) is 11.3 Å². The molecule has 0 bridgehead atoms. The summed E-state index contributed by atoms with van der Waals surface area (Å²) < 4.78 is 7.65. The van der Waals surface area contributed by atoms with E-state index in [0.717, 1.165) is 54.9 Å². The first-order valence-electron chi connectivity index (χ1n) is 10.0. The zero-order chi connectivity index (χ0) is 20.0. The number of pyridine rings is 1. The summed E-state index contributed by atoms with van der Waals surface area (Å²) in [7, 11) is 2.16. The molecule has 0 aliphatic carbocycles. The summed E-state index contributed by atoms with van der Waals surface area (Å²) in [6.07, 6.45) is 4.94. The standard InChI is InChI=1S/C23H24N4O2/c1-16-5-3-9-27-15-20(24-22(16)27)19-13-17-6-7-18(14-21(17)29-23(19)28)26-10-4-8-25(2)11-12-26/h3,5-7,9,13-15H,4,8,10-12H2,1-2H3. The smallest absolute Gasteiger partial charge is 0.345 e. The summed E-state index contributed by atoms with van der Waals surface area (Å²) in [5, 5.41) is 0.907. The van der Waals surface area contributed by atoms with Crippen molar-refractivity contribution >= 4 is 22.3 Å². The Morgan fingerprint density at radius 2 is 1.97 bits per heavy atom. The maximum Gasteiger partial charge on any atom is 0.345 e. The van der Waals surface area contributed by atoms with Crippen LogP contribution in [0.15, 0.2) is 58.0 Å². The number of rotatable bonds is 2. The molecular weight excluding hydrogens is 364 g/mol. The summed E-state index contributed by atoms with van der Waals surface area (Å²) in [5.74, 6) is 0. The van der Waals surface area contributed by atoms with Gasteiger partial charge in [-0.25, -0.2) is 9.78 Å². The highest BCUT2D eigenvalue weighted by Crippen LogP contribution is 2.26. The van der Waals surface area contributed by atoms with E-state index in [1.165, 1.54) is 0 Å². The van der Waals surface area contributed by atoms with Crippen molar-refractivity contribution in [3.05, 3.63) is 64.8 Å². The molecule has 0 spiro atoms. The van der Waals surface area contributed by atoms with Crippen LogP contribution in [-0.4, -0.2) is 47.5 Å². The molecule has 6 heteroatoms. The molecule has 0 atom stereocenters. The van der Waals surface area contributed by atoms with E-state index in [2.05, 4.69) is 27.9 Å². The second-order valence-corrected chi connectivity index (χ2v) is 7.86. The van der Waals surface area contributed by atoms with E-state index in [1.54, 1.807) is 0 Å². The number of hydrogen-bond acceptors (Lipinski definition) is 5. The Bertz CT molecular complexity index is 1260. The lowest BCUT2D eigenvalue weighted by atomic mass is 10.1. The van der Waals surface area contributed by atoms with Crippen molar-refractivity contribution in [2.24, 2.45) is 0 Å². The molecule has 1 fully saturated rings. The molecule has 5 rings (SSSR count). The van der Waals surface area contributed by atoms with Gasteiger partial charge in [-0.1, -0.05) is 6.07 Å². The lowest BCUT2D eigenvalue weighted by Gasteiger charge is -2.22. The van der Waals surface area contributed by atoms with Crippen LogP contribution in [0.4, 0.5) is 5.69 Å². The third-order valence-electron chi connectivity index (χ3n) is 5.76. The summed E-state index contributed by atoms with van der Waals surface area (Å²) in [6, 6.07) is 12.0. The van der Waals surface area contributed by atoms with Gasteiger partial charge >= 0.3 is 5.63 Å². The van der Waals surface area contributed by atoms with Gasteiger partial charge in [-0.15, -0.1) is 0 Å². The number of aryl methyl sites for hydroxylation is 1. The van der Waals surface area contributed by atoms with Crippen LogP contribution >= 0.6 is 0 Å². The number of anilines is 1. The van der Waals surface area contributed by atoms with Crippen LogP contribution in [0.1, 0.15) is 12.0 Å². The fourth-order valence-electron chi connectivity index (χ4n) is 4.06. The molecule has 1 aliphatic heterocycles. The normalized spacial score (nSPS) is 15.9. The van der Waals surface area contributed by atoms with E-state index in [9.17, 15) is 4.79 Å². The first-order chi connectivity index (χ1) is 14.1. The van der Waals surface area contributed by atoms with E-state index in [0.29, 0.717) is 16.8 Å². The summed E-state index contributed by atoms with van der Waals surface area (Å²) in [6.45, 7) is 6.15. The first-order valence-corrected chi connectivity index (χ1v) is 10.0. The lowest BCUT2D eigenvalue weighted by Crippen LogP contribution is -2.28. The van der Waals surface area contributed by atoms with E-state index >= 15 is 0 Å². The summed E-state index contributed by atoms with van der Waals surface area (Å²) in [4.78, 5) is 22.1. The third-order valence-corrected chi connectivity index (χ3v) is 5.76. The van der Waals surface area contributed by atoms with E-state index in [4.69, 9.17) is 4.42 Å². The topological polar surface area (TPSA) is 54.0 Å². The summed E-state index contributed by atoms with van der Waals surface area (Å²) >= 11 is 0. The first kappa shape index (κ1) is 17.9. The molecule has 4 heterocycles. The molecule has 29 heavy (non-hydrogen) atoms. The van der Waals surface area contributed by atoms with E-state index in [-0.39, 0.29) is 5.63 Å². The molecule has 4 aromatic rings. The van der Waals surface area contributed by atoms with Crippen LogP contribution in [0.25, 0.3) is 27.9 Å². The second-order valence-electron chi connectivity index (χ2n) is 7.86. The number of likely N-dealkylation sites (N-methyl/N-ethyl adjacent to an activating group) is 1. The van der Waals surface area contributed by atoms with Crippen molar-refractivity contribution in [3.63, 3.8) is 0 Å². The Hall–Kier alpha value is -3.12. The van der Waals surface area contributed by atoms with Crippen LogP contribution in [0.3, 0.4) is 0 Å². The highest BCUT2D eigenvalue weighted by atomic mass is 16.4. The number of hydrogen-bond donors (Lipinski definition) is 0. The third kappa shape index (κ3) is 3.29. The molecule has 0 N–H and O–H groups in total. The largest absolute Gasteiger partial charge is 0.422 e. The van der Waals surface area contributed by atoms with Crippen LogP contribution in [0.5, 0.6) is 0 Å². The van der Waals surface area contributed by atoms with Crippen molar-refractivity contribution in [2.75, 3.05) is 38.1 Å². The molecule has 1 aromatic carbocycles. The quantitative estimate of drug-likeness (QED) is 0.492. The molecule has 0 amide bonds. The maximum absolute atomic E-state index is 12.7. The lowest BCUT2D eigenvalue weighted by molar-refractivity contribution is 0.360. The molecule has 148 valence electrons. The molecule has 0 saturated carbocycles. The zero-order valence-electron chi connectivity index (χ0n) is 16.8. The van der Waals surface area contributed by atoms with Gasteiger partial charge in [-0.05, 0) is 56.8 Å². The van der Waals surface area contributed by atoms with Crippen molar-refractivity contribution in [3.8, 4) is 11.3 Å². The van der Waals surface area contributed by atoms with E-state index in [1.807, 2.05) is 54.0 Å². The van der Waals surface area contributed by atoms with Crippen LogP contribution in [-0.2, 0) is 0 Å². The number of imidazole rings is 1. The highest BCUT2D eigenvalue weighted by molar-refractivity contribution is 5.84. The Morgan fingerprint density at radius 3 is 2.83 bits per heavy atom. The number of aromatic nitrogens is 2. The second kappa shape index (κ2) is 7.04. The summed E-state index contributed by atoms with van der Waals surface area (Å²) in [5.41, 5.74) is 4.41. The molecule has 1 saturated heterocycles. The Morgan fingerprint density at radius 1 is 1.07 bits per heavy atom. The van der Waals surface area contributed by atoms with Crippen molar-refractivity contribution < 1.29 is 4.42 Å². The zero-order valence-corrected chi connectivity index (χ0v) is 16.8. The predicted molar refractivity (Wildman–Crippen MR) is 116 cm³/mol. The van der Waals surface area contributed by atoms with Crippen LogP contribution in [0, 0.1) is 6.92 Å². The van der Waals surface area contributed by atoms with Crippen molar-refractivity contribution in [2.45, 2.75) is 13.3 Å². The van der Waals surface area contributed by atoms with Gasteiger partial charge in [0, 0.05) is 49.2 Å². The van der Waals surface area contributed by atoms with Gasteiger partial charge in [0.1, 0.15) is 11.2 Å². The average molecular weight is 388 g/mol. The number of nitrogens with zero attached hydrogens (tertiary/aromatic N) is 4. The van der Waals surface area contributed by atoms with Gasteiger partial charge in [-0.3, -0.25) is 0 Å². The predicted octanol–water partition coefficient (Wildman–Crippen LogP) is 3.56. The fraction of sp³-hybridized carbons (Fsp3) is 0.304. The fourth-order valence-corrected chi connectivity index (χ4v) is 4.06. The van der Waals surface area contributed by atoms with Crippen LogP contribution < -0.4 is 10.5 Å². The Labute approximate surface area is 169 Å². The SMILES string of the molecule is Cc1cccn2cc(-c3cc4ccc(N5CCCN(C)CC5)cc4oc3=O)nc12. The average Bonchev–Trinajstić information content (AvgIpc) is 3.03. The molecule has 3 aromatic heterocycles. The number of benzene rings is 1. The molecule has 0 unspecified atom stereocenters. The Kier molecular flexibility index (Phi) is 4.36. The highest BCUT2D eigenvalue weighted by Gasteiger charge is 2.16. The maximum atomic E-state index is 12.7.